The van der Waals surface area contributed by atoms with Gasteiger partial charge in [0.2, 0.25) is 0 Å². The zero-order chi connectivity index (χ0) is 12.6. The van der Waals surface area contributed by atoms with Crippen molar-refractivity contribution in [2.45, 2.75) is 39.6 Å². The highest BCUT2D eigenvalue weighted by Gasteiger charge is 2.14. The first-order chi connectivity index (χ1) is 7.49. The Bertz CT molecular complexity index is 196. The Kier molecular flexibility index (Phi) is 8.76. The lowest BCUT2D eigenvalue weighted by Gasteiger charge is -2.20. The monoisotopic (exact) mass is 252 g/mol. The normalized spacial score (nSPS) is 14.9. The molecule has 0 aromatic heterocycles. The number of carbonyl (C=O) groups is 1. The molecule has 0 aliphatic rings. The minimum absolute atomic E-state index is 0.00431. The maximum absolute atomic E-state index is 10.7. The molecule has 0 heterocycles. The van der Waals surface area contributed by atoms with Gasteiger partial charge in [0.15, 0.2) is 14.7 Å². The summed E-state index contributed by atoms with van der Waals surface area (Å²) in [5, 5.41) is 0. The van der Waals surface area contributed by atoms with Gasteiger partial charge in [0.25, 0.3) is 0 Å². The van der Waals surface area contributed by atoms with Gasteiger partial charge in [0, 0.05) is 27.3 Å². The van der Waals surface area contributed by atoms with E-state index < -0.39 is 14.7 Å². The second-order valence-electron chi connectivity index (χ2n) is 3.33. The molecular formula is C10H21O5P. The van der Waals surface area contributed by atoms with E-state index in [4.69, 9.17) is 18.5 Å². The highest BCUT2D eigenvalue weighted by molar-refractivity contribution is 7.47. The van der Waals surface area contributed by atoms with Crippen LogP contribution >= 0.6 is 8.38 Å². The average molecular weight is 252 g/mol. The van der Waals surface area contributed by atoms with Gasteiger partial charge in [-0.3, -0.25) is 4.79 Å². The van der Waals surface area contributed by atoms with Crippen LogP contribution in [0.15, 0.2) is 0 Å². The molecule has 0 aliphatic heterocycles. The molecule has 0 saturated heterocycles. The fraction of sp³-hybridized carbons (Fsp3) is 0.900. The minimum atomic E-state index is -0.818. The molecule has 0 radical (unpaired) electrons. The van der Waals surface area contributed by atoms with Gasteiger partial charge >= 0.3 is 5.97 Å². The molecule has 6 heteroatoms. The highest BCUT2D eigenvalue weighted by atomic mass is 31.2. The maximum Gasteiger partial charge on any atom is 0.304 e. The molecule has 5 nitrogen and oxygen atoms in total. The van der Waals surface area contributed by atoms with Crippen LogP contribution in [0.1, 0.15) is 27.2 Å². The first-order valence-electron chi connectivity index (χ1n) is 5.18. The fourth-order valence-corrected chi connectivity index (χ4v) is 2.29. The molecule has 0 aliphatic carbocycles. The van der Waals surface area contributed by atoms with E-state index in [1.807, 2.05) is 6.92 Å². The van der Waals surface area contributed by atoms with Gasteiger partial charge in [-0.2, -0.15) is 0 Å². The van der Waals surface area contributed by atoms with Crippen molar-refractivity contribution in [3.05, 3.63) is 0 Å². The van der Waals surface area contributed by atoms with Crippen molar-refractivity contribution in [3.8, 4) is 0 Å². The summed E-state index contributed by atoms with van der Waals surface area (Å²) in [7, 11) is 2.44. The lowest BCUT2D eigenvalue weighted by atomic mass is 10.3. The number of esters is 1. The second kappa shape index (κ2) is 8.88. The summed E-state index contributed by atoms with van der Waals surface area (Å²) in [6, 6.07) is 0. The van der Waals surface area contributed by atoms with E-state index in [1.165, 1.54) is 6.92 Å². The molecule has 16 heavy (non-hydrogen) atoms. The Balaban J connectivity index is 3.72. The van der Waals surface area contributed by atoms with Crippen molar-refractivity contribution in [1.82, 2.24) is 0 Å². The van der Waals surface area contributed by atoms with Crippen LogP contribution in [0.2, 0.25) is 0 Å². The molecule has 0 spiro atoms. The third-order valence-corrected chi connectivity index (χ3v) is 3.32. The van der Waals surface area contributed by atoms with E-state index >= 15 is 0 Å². The first-order valence-corrected chi connectivity index (χ1v) is 6.54. The van der Waals surface area contributed by atoms with Gasteiger partial charge in [0.05, 0.1) is 6.10 Å². The lowest BCUT2D eigenvalue weighted by Crippen LogP contribution is -2.22. The SMILES string of the molecule is COP(CCC(C)OC(C)OC(C)=O)OC. The van der Waals surface area contributed by atoms with Gasteiger partial charge in [-0.15, -0.1) is 0 Å². The van der Waals surface area contributed by atoms with E-state index in [0.29, 0.717) is 0 Å². The molecule has 0 aromatic rings. The highest BCUT2D eigenvalue weighted by Crippen LogP contribution is 2.36. The Morgan fingerprint density at radius 2 is 1.81 bits per heavy atom. The topological polar surface area (TPSA) is 54.0 Å². The van der Waals surface area contributed by atoms with Gasteiger partial charge in [-0.05, 0) is 20.3 Å². The number of ether oxygens (including phenoxy) is 2. The van der Waals surface area contributed by atoms with Crippen LogP contribution in [0, 0.1) is 0 Å². The van der Waals surface area contributed by atoms with Crippen molar-refractivity contribution in [2.75, 3.05) is 20.4 Å². The molecule has 0 saturated carbocycles. The molecule has 0 bridgehead atoms. The van der Waals surface area contributed by atoms with Crippen LogP contribution in [0.3, 0.4) is 0 Å². The summed E-state index contributed by atoms with van der Waals surface area (Å²) in [6.07, 6.45) is 1.10. The van der Waals surface area contributed by atoms with E-state index in [-0.39, 0.29) is 12.1 Å². The number of hydrogen-bond acceptors (Lipinski definition) is 5. The first kappa shape index (κ1) is 15.8. The van der Waals surface area contributed by atoms with E-state index in [9.17, 15) is 4.79 Å². The molecule has 0 N–H and O–H groups in total. The van der Waals surface area contributed by atoms with E-state index in [1.54, 1.807) is 21.1 Å². The fourth-order valence-electron chi connectivity index (χ4n) is 1.20. The third kappa shape index (κ3) is 7.99. The Morgan fingerprint density at radius 1 is 1.25 bits per heavy atom. The quantitative estimate of drug-likeness (QED) is 0.377. The largest absolute Gasteiger partial charge is 0.436 e. The van der Waals surface area contributed by atoms with Crippen LogP contribution in [-0.4, -0.2) is 38.7 Å². The van der Waals surface area contributed by atoms with Crippen LogP contribution in [0.5, 0.6) is 0 Å². The standard InChI is InChI=1S/C10H21O5P/c1-8(6-7-16(12-4)13-5)14-10(3)15-9(2)11/h8,10H,6-7H2,1-5H3. The second-order valence-corrected chi connectivity index (χ2v) is 5.18. The molecule has 0 aromatic carbocycles. The van der Waals surface area contributed by atoms with Crippen molar-refractivity contribution in [3.63, 3.8) is 0 Å². The zero-order valence-corrected chi connectivity index (χ0v) is 11.5. The Hall–Kier alpha value is -0.220. The molecule has 0 amide bonds. The van der Waals surface area contributed by atoms with Gasteiger partial charge in [0.1, 0.15) is 0 Å². The number of rotatable bonds is 8. The molecule has 96 valence electrons. The summed E-state index contributed by atoms with van der Waals surface area (Å²) < 4.78 is 20.6. The van der Waals surface area contributed by atoms with Crippen LogP contribution in [0.25, 0.3) is 0 Å². The van der Waals surface area contributed by atoms with Crippen LogP contribution in [0.4, 0.5) is 0 Å². The third-order valence-electron chi connectivity index (χ3n) is 1.88. The van der Waals surface area contributed by atoms with Crippen molar-refractivity contribution < 1.29 is 23.3 Å². The van der Waals surface area contributed by atoms with Gasteiger partial charge in [-0.25, -0.2) is 0 Å². The van der Waals surface area contributed by atoms with Crippen molar-refractivity contribution in [1.29, 1.82) is 0 Å². The molecule has 2 atom stereocenters. The molecule has 0 fully saturated rings. The van der Waals surface area contributed by atoms with Gasteiger partial charge in [-0.1, -0.05) is 0 Å². The molecule has 2 unspecified atom stereocenters. The zero-order valence-electron chi connectivity index (χ0n) is 10.6. The average Bonchev–Trinajstić information content (AvgIpc) is 2.17. The van der Waals surface area contributed by atoms with Crippen LogP contribution in [-0.2, 0) is 23.3 Å². The predicted octanol–water partition coefficient (Wildman–Crippen LogP) is 2.30. The smallest absolute Gasteiger partial charge is 0.304 e. The van der Waals surface area contributed by atoms with Crippen molar-refractivity contribution >= 4 is 14.3 Å². The maximum atomic E-state index is 10.7. The lowest BCUT2D eigenvalue weighted by molar-refractivity contribution is -0.180. The van der Waals surface area contributed by atoms with E-state index in [0.717, 1.165) is 12.6 Å². The minimum Gasteiger partial charge on any atom is -0.436 e. The molecule has 0 rings (SSSR count). The predicted molar refractivity (Wildman–Crippen MR) is 62.2 cm³/mol. The number of carbonyl (C=O) groups excluding carboxylic acids is 1. The molecular weight excluding hydrogens is 231 g/mol. The van der Waals surface area contributed by atoms with Crippen LogP contribution < -0.4 is 0 Å². The summed E-state index contributed by atoms with van der Waals surface area (Å²) in [6.45, 7) is 4.99. The van der Waals surface area contributed by atoms with Gasteiger partial charge < -0.3 is 18.5 Å². The Morgan fingerprint density at radius 3 is 2.25 bits per heavy atom. The number of hydrogen-bond donors (Lipinski definition) is 0. The summed E-state index contributed by atoms with van der Waals surface area (Å²) >= 11 is 0. The summed E-state index contributed by atoms with van der Waals surface area (Å²) in [4.78, 5) is 10.7. The van der Waals surface area contributed by atoms with Crippen molar-refractivity contribution in [2.24, 2.45) is 0 Å². The summed E-state index contributed by atoms with van der Waals surface area (Å²) in [5.74, 6) is -0.337. The van der Waals surface area contributed by atoms with E-state index in [2.05, 4.69) is 0 Å². The summed E-state index contributed by atoms with van der Waals surface area (Å²) in [5.41, 5.74) is 0. The Labute approximate surface area is 98.3 Å².